The van der Waals surface area contributed by atoms with Gasteiger partial charge in [0.05, 0.1) is 11.3 Å². The molecule has 3 aromatic rings. The molecular weight excluding hydrogens is 430 g/mol. The summed E-state index contributed by atoms with van der Waals surface area (Å²) in [5.74, 6) is -2.10. The van der Waals surface area contributed by atoms with Crippen LogP contribution in [0.3, 0.4) is 0 Å². The normalized spacial score (nSPS) is 10.9. The SMILES string of the molecule is C/C(=N\NC(=O)C(=O)Nc1ccc(C)c(Cl)c1)c1ccccc1OC(=O)c1ccccc1. The highest BCUT2D eigenvalue weighted by molar-refractivity contribution is 6.40. The predicted octanol–water partition coefficient (Wildman–Crippen LogP) is 4.35. The summed E-state index contributed by atoms with van der Waals surface area (Å²) in [5.41, 5.74) is 4.68. The molecule has 0 atom stereocenters. The second-order valence-corrected chi connectivity index (χ2v) is 7.22. The van der Waals surface area contributed by atoms with Crippen molar-refractivity contribution in [3.8, 4) is 5.75 Å². The quantitative estimate of drug-likeness (QED) is 0.199. The van der Waals surface area contributed by atoms with Crippen LogP contribution in [0, 0.1) is 6.92 Å². The number of anilines is 1. The third-order valence-corrected chi connectivity index (χ3v) is 4.86. The fourth-order valence-electron chi connectivity index (χ4n) is 2.69. The van der Waals surface area contributed by atoms with E-state index in [0.717, 1.165) is 5.56 Å². The third-order valence-electron chi connectivity index (χ3n) is 4.45. The number of hydrazone groups is 1. The Balaban J connectivity index is 1.68. The fraction of sp³-hybridized carbons (Fsp3) is 0.0833. The van der Waals surface area contributed by atoms with Gasteiger partial charge in [0.15, 0.2) is 0 Å². The van der Waals surface area contributed by atoms with Crippen molar-refractivity contribution in [2.75, 3.05) is 5.32 Å². The van der Waals surface area contributed by atoms with Gasteiger partial charge in [-0.1, -0.05) is 48.0 Å². The molecule has 32 heavy (non-hydrogen) atoms. The number of hydrogen-bond donors (Lipinski definition) is 2. The van der Waals surface area contributed by atoms with E-state index in [0.29, 0.717) is 27.5 Å². The molecule has 0 aliphatic heterocycles. The molecule has 7 nitrogen and oxygen atoms in total. The molecule has 3 rings (SSSR count). The molecule has 0 saturated heterocycles. The Morgan fingerprint density at radius 3 is 2.31 bits per heavy atom. The maximum absolute atomic E-state index is 12.4. The first-order valence-corrected chi connectivity index (χ1v) is 10.0. The van der Waals surface area contributed by atoms with Crippen LogP contribution >= 0.6 is 11.6 Å². The second kappa shape index (κ2) is 10.4. The minimum atomic E-state index is -0.959. The zero-order valence-electron chi connectivity index (χ0n) is 17.4. The summed E-state index contributed by atoms with van der Waals surface area (Å²) in [6, 6.07) is 20.2. The van der Waals surface area contributed by atoms with Crippen molar-refractivity contribution in [2.45, 2.75) is 13.8 Å². The van der Waals surface area contributed by atoms with Gasteiger partial charge in [-0.3, -0.25) is 9.59 Å². The second-order valence-electron chi connectivity index (χ2n) is 6.81. The Morgan fingerprint density at radius 2 is 1.59 bits per heavy atom. The monoisotopic (exact) mass is 449 g/mol. The molecule has 0 aliphatic carbocycles. The van der Waals surface area contributed by atoms with E-state index in [1.54, 1.807) is 79.7 Å². The summed E-state index contributed by atoms with van der Waals surface area (Å²) >= 11 is 6.03. The average molecular weight is 450 g/mol. The van der Waals surface area contributed by atoms with Gasteiger partial charge in [0, 0.05) is 16.3 Å². The van der Waals surface area contributed by atoms with Crippen molar-refractivity contribution >= 4 is 40.8 Å². The maximum Gasteiger partial charge on any atom is 0.343 e. The van der Waals surface area contributed by atoms with E-state index in [-0.39, 0.29) is 5.75 Å². The van der Waals surface area contributed by atoms with Crippen LogP contribution in [0.15, 0.2) is 77.9 Å². The summed E-state index contributed by atoms with van der Waals surface area (Å²) in [4.78, 5) is 36.6. The van der Waals surface area contributed by atoms with Gasteiger partial charge in [-0.25, -0.2) is 10.2 Å². The number of nitrogens with one attached hydrogen (secondary N) is 2. The zero-order valence-corrected chi connectivity index (χ0v) is 18.1. The lowest BCUT2D eigenvalue weighted by Gasteiger charge is -2.10. The molecule has 8 heteroatoms. The molecule has 0 aliphatic rings. The van der Waals surface area contributed by atoms with Crippen LogP contribution in [0.5, 0.6) is 5.75 Å². The van der Waals surface area contributed by atoms with Gasteiger partial charge < -0.3 is 10.1 Å². The molecule has 0 unspecified atom stereocenters. The van der Waals surface area contributed by atoms with Crippen molar-refractivity contribution in [3.05, 3.63) is 94.5 Å². The summed E-state index contributed by atoms with van der Waals surface area (Å²) in [6.07, 6.45) is 0. The van der Waals surface area contributed by atoms with Crippen molar-refractivity contribution in [1.29, 1.82) is 0 Å². The molecule has 0 spiro atoms. The number of para-hydroxylation sites is 1. The van der Waals surface area contributed by atoms with Crippen molar-refractivity contribution in [3.63, 3.8) is 0 Å². The summed E-state index contributed by atoms with van der Waals surface area (Å²) in [7, 11) is 0. The Morgan fingerprint density at radius 1 is 0.906 bits per heavy atom. The van der Waals surface area contributed by atoms with E-state index in [2.05, 4.69) is 15.8 Å². The number of esters is 1. The Kier molecular flexibility index (Phi) is 7.36. The minimum absolute atomic E-state index is 0.274. The summed E-state index contributed by atoms with van der Waals surface area (Å²) in [6.45, 7) is 3.44. The first-order chi connectivity index (χ1) is 15.3. The number of aryl methyl sites for hydroxylation is 1. The van der Waals surface area contributed by atoms with Gasteiger partial charge in [0.2, 0.25) is 0 Å². The van der Waals surface area contributed by atoms with Gasteiger partial charge in [0.1, 0.15) is 5.75 Å². The first-order valence-electron chi connectivity index (χ1n) is 9.63. The highest BCUT2D eigenvalue weighted by Crippen LogP contribution is 2.21. The molecular formula is C24H20ClN3O4. The van der Waals surface area contributed by atoms with Crippen LogP contribution in [0.2, 0.25) is 5.02 Å². The third kappa shape index (κ3) is 5.80. The number of carbonyl (C=O) groups is 3. The van der Waals surface area contributed by atoms with E-state index >= 15 is 0 Å². The lowest BCUT2D eigenvalue weighted by molar-refractivity contribution is -0.136. The molecule has 0 heterocycles. The summed E-state index contributed by atoms with van der Waals surface area (Å²) in [5, 5.41) is 6.89. The molecule has 2 amide bonds. The Hall–Kier alpha value is -3.97. The fourth-order valence-corrected chi connectivity index (χ4v) is 2.87. The van der Waals surface area contributed by atoms with Gasteiger partial charge in [-0.15, -0.1) is 0 Å². The Labute approximate surface area is 190 Å². The number of carbonyl (C=O) groups excluding carboxylic acids is 3. The van der Waals surface area contributed by atoms with E-state index in [9.17, 15) is 14.4 Å². The average Bonchev–Trinajstić information content (AvgIpc) is 2.80. The number of hydrogen-bond acceptors (Lipinski definition) is 5. The van der Waals surface area contributed by atoms with E-state index in [1.165, 1.54) is 0 Å². The predicted molar refractivity (Wildman–Crippen MR) is 123 cm³/mol. The van der Waals surface area contributed by atoms with Gasteiger partial charge >= 0.3 is 17.8 Å². The molecule has 2 N–H and O–H groups in total. The molecule has 162 valence electrons. The van der Waals surface area contributed by atoms with E-state index < -0.39 is 17.8 Å². The lowest BCUT2D eigenvalue weighted by Crippen LogP contribution is -2.33. The van der Waals surface area contributed by atoms with Crippen molar-refractivity contribution in [2.24, 2.45) is 5.10 Å². The molecule has 3 aromatic carbocycles. The van der Waals surface area contributed by atoms with Crippen LogP contribution in [-0.2, 0) is 9.59 Å². The van der Waals surface area contributed by atoms with Gasteiger partial charge in [-0.05, 0) is 55.8 Å². The molecule has 0 aromatic heterocycles. The van der Waals surface area contributed by atoms with Gasteiger partial charge in [0.25, 0.3) is 0 Å². The number of rotatable bonds is 5. The lowest BCUT2D eigenvalue weighted by atomic mass is 10.1. The minimum Gasteiger partial charge on any atom is -0.422 e. The Bertz CT molecular complexity index is 1190. The number of ether oxygens (including phenoxy) is 1. The number of halogens is 1. The van der Waals surface area contributed by atoms with Crippen LogP contribution in [0.25, 0.3) is 0 Å². The van der Waals surface area contributed by atoms with Crippen LogP contribution < -0.4 is 15.5 Å². The van der Waals surface area contributed by atoms with Gasteiger partial charge in [-0.2, -0.15) is 5.10 Å². The van der Waals surface area contributed by atoms with Crippen molar-refractivity contribution < 1.29 is 19.1 Å². The van der Waals surface area contributed by atoms with Crippen LogP contribution in [0.1, 0.15) is 28.4 Å². The molecule has 0 radical (unpaired) electrons. The smallest absolute Gasteiger partial charge is 0.343 e. The standard InChI is InChI=1S/C24H20ClN3O4/c1-15-12-13-18(14-20(15)25)26-22(29)23(30)28-27-16(2)19-10-6-7-11-21(19)32-24(31)17-8-4-3-5-9-17/h3-14H,1-2H3,(H,26,29)(H,28,30)/b27-16+. The highest BCUT2D eigenvalue weighted by atomic mass is 35.5. The van der Waals surface area contributed by atoms with Crippen molar-refractivity contribution in [1.82, 2.24) is 5.43 Å². The molecule has 0 bridgehead atoms. The zero-order chi connectivity index (χ0) is 23.1. The summed E-state index contributed by atoms with van der Waals surface area (Å²) < 4.78 is 5.48. The van der Waals surface area contributed by atoms with Crippen LogP contribution in [0.4, 0.5) is 5.69 Å². The van der Waals surface area contributed by atoms with E-state index in [4.69, 9.17) is 16.3 Å². The highest BCUT2D eigenvalue weighted by Gasteiger charge is 2.16. The first kappa shape index (κ1) is 22.7. The maximum atomic E-state index is 12.4. The van der Waals surface area contributed by atoms with Crippen LogP contribution in [-0.4, -0.2) is 23.5 Å². The number of nitrogens with zero attached hydrogens (tertiary/aromatic N) is 1. The molecule has 0 saturated carbocycles. The topological polar surface area (TPSA) is 96.9 Å². The van der Waals surface area contributed by atoms with E-state index in [1.807, 2.05) is 6.92 Å². The number of benzene rings is 3. The number of amides is 2. The molecule has 0 fully saturated rings. The largest absolute Gasteiger partial charge is 0.422 e.